The molecule has 0 aromatic heterocycles. The number of rotatable bonds is 4. The van der Waals surface area contributed by atoms with Crippen molar-refractivity contribution in [3.63, 3.8) is 0 Å². The summed E-state index contributed by atoms with van der Waals surface area (Å²) in [6.45, 7) is 0. The summed E-state index contributed by atoms with van der Waals surface area (Å²) < 4.78 is 22.3. The van der Waals surface area contributed by atoms with E-state index < -0.39 is 10.0 Å². The molecule has 2 rings (SSSR count). The molecule has 2 aromatic rings. The van der Waals surface area contributed by atoms with Crippen molar-refractivity contribution >= 4 is 27.3 Å². The molecule has 0 unspecified atom stereocenters. The van der Waals surface area contributed by atoms with Gasteiger partial charge in [0.05, 0.1) is 16.3 Å². The number of primary sulfonamides is 1. The second kappa shape index (κ2) is 5.94. The average Bonchev–Trinajstić information content (AvgIpc) is 2.47. The van der Waals surface area contributed by atoms with E-state index in [1.165, 1.54) is 24.3 Å². The summed E-state index contributed by atoms with van der Waals surface area (Å²) in [6.07, 6.45) is 0. The highest BCUT2D eigenvalue weighted by Crippen LogP contribution is 2.21. The van der Waals surface area contributed by atoms with Crippen LogP contribution in [0.1, 0.15) is 10.4 Å². The van der Waals surface area contributed by atoms with E-state index in [0.29, 0.717) is 11.3 Å². The topological polar surface area (TPSA) is 101 Å². The first-order chi connectivity index (χ1) is 9.91. The summed E-state index contributed by atoms with van der Waals surface area (Å²) in [5.41, 5.74) is 1.76. The van der Waals surface area contributed by atoms with Crippen molar-refractivity contribution in [1.82, 2.24) is 0 Å². The monoisotopic (exact) mass is 305 g/mol. The minimum absolute atomic E-state index is 0.0327. The molecular weight excluding hydrogens is 290 g/mol. The van der Waals surface area contributed by atoms with E-state index in [1.54, 1.807) is 19.2 Å². The van der Waals surface area contributed by atoms with Gasteiger partial charge in [0.25, 0.3) is 5.91 Å². The third kappa shape index (κ3) is 3.59. The lowest BCUT2D eigenvalue weighted by atomic mass is 10.2. The van der Waals surface area contributed by atoms with E-state index in [4.69, 9.17) is 5.14 Å². The molecule has 0 saturated carbocycles. The van der Waals surface area contributed by atoms with Crippen LogP contribution in [0.25, 0.3) is 0 Å². The predicted octanol–water partition coefficient (Wildman–Crippen LogP) is 1.63. The van der Waals surface area contributed by atoms with Crippen LogP contribution in [0.4, 0.5) is 11.4 Å². The van der Waals surface area contributed by atoms with E-state index >= 15 is 0 Å². The Bertz CT molecular complexity index is 755. The van der Waals surface area contributed by atoms with Crippen LogP contribution < -0.4 is 15.8 Å². The zero-order chi connectivity index (χ0) is 15.5. The molecule has 4 N–H and O–H groups in total. The smallest absolute Gasteiger partial charge is 0.255 e. The molecule has 110 valence electrons. The lowest BCUT2D eigenvalue weighted by Gasteiger charge is -2.10. The third-order valence-electron chi connectivity index (χ3n) is 2.89. The zero-order valence-electron chi connectivity index (χ0n) is 11.3. The largest absolute Gasteiger partial charge is 0.386 e. The Morgan fingerprint density at radius 3 is 2.10 bits per heavy atom. The van der Waals surface area contributed by atoms with E-state index in [0.717, 1.165) is 5.69 Å². The predicted molar refractivity (Wildman–Crippen MR) is 81.8 cm³/mol. The van der Waals surface area contributed by atoms with Crippen LogP contribution in [-0.4, -0.2) is 21.4 Å². The maximum Gasteiger partial charge on any atom is 0.255 e. The molecule has 0 aliphatic heterocycles. The van der Waals surface area contributed by atoms with Gasteiger partial charge in [-0.25, -0.2) is 13.6 Å². The van der Waals surface area contributed by atoms with Gasteiger partial charge in [-0.2, -0.15) is 0 Å². The summed E-state index contributed by atoms with van der Waals surface area (Å²) in [6, 6.07) is 12.7. The first-order valence-electron chi connectivity index (χ1n) is 6.13. The van der Waals surface area contributed by atoms with Crippen molar-refractivity contribution < 1.29 is 13.2 Å². The Kier molecular flexibility index (Phi) is 4.25. The number of benzene rings is 2. The van der Waals surface area contributed by atoms with Crippen LogP contribution in [0.3, 0.4) is 0 Å². The fraction of sp³-hybridized carbons (Fsp3) is 0.0714. The minimum Gasteiger partial charge on any atom is -0.386 e. The Balaban J connectivity index is 2.21. The van der Waals surface area contributed by atoms with Crippen molar-refractivity contribution in [1.29, 1.82) is 0 Å². The van der Waals surface area contributed by atoms with Gasteiger partial charge in [0.15, 0.2) is 0 Å². The van der Waals surface area contributed by atoms with Crippen LogP contribution >= 0.6 is 0 Å². The number of nitrogens with two attached hydrogens (primary N) is 1. The molecule has 0 radical (unpaired) electrons. The Labute approximate surface area is 123 Å². The first-order valence-corrected chi connectivity index (χ1v) is 7.67. The maximum atomic E-state index is 12.1. The molecule has 0 heterocycles. The second-order valence-corrected chi connectivity index (χ2v) is 5.88. The van der Waals surface area contributed by atoms with Gasteiger partial charge in [0, 0.05) is 12.6 Å². The Morgan fingerprint density at radius 1 is 1.00 bits per heavy atom. The Morgan fingerprint density at radius 2 is 1.57 bits per heavy atom. The van der Waals surface area contributed by atoms with Crippen LogP contribution in [-0.2, 0) is 10.0 Å². The van der Waals surface area contributed by atoms with Gasteiger partial charge in [-0.05, 0) is 36.4 Å². The van der Waals surface area contributed by atoms with Crippen molar-refractivity contribution in [2.24, 2.45) is 5.14 Å². The highest BCUT2D eigenvalue weighted by molar-refractivity contribution is 7.89. The van der Waals surface area contributed by atoms with Gasteiger partial charge in [0.2, 0.25) is 10.0 Å². The van der Waals surface area contributed by atoms with E-state index in [1.807, 2.05) is 12.1 Å². The molecule has 6 nitrogen and oxygen atoms in total. The van der Waals surface area contributed by atoms with Crippen molar-refractivity contribution in [3.05, 3.63) is 54.1 Å². The fourth-order valence-electron chi connectivity index (χ4n) is 1.80. The summed E-state index contributed by atoms with van der Waals surface area (Å²) >= 11 is 0. The summed E-state index contributed by atoms with van der Waals surface area (Å²) in [4.78, 5) is 12.1. The molecule has 0 aliphatic rings. The summed E-state index contributed by atoms with van der Waals surface area (Å²) in [7, 11) is -2.00. The van der Waals surface area contributed by atoms with Gasteiger partial charge < -0.3 is 10.6 Å². The number of sulfonamides is 1. The molecule has 0 spiro atoms. The number of anilines is 2. The minimum atomic E-state index is -3.76. The SMILES string of the molecule is CNc1ccccc1NC(=O)c1ccc(S(N)(=O)=O)cc1. The van der Waals surface area contributed by atoms with E-state index in [9.17, 15) is 13.2 Å². The van der Waals surface area contributed by atoms with E-state index in [-0.39, 0.29) is 10.8 Å². The van der Waals surface area contributed by atoms with Crippen LogP contribution in [0, 0.1) is 0 Å². The second-order valence-electron chi connectivity index (χ2n) is 4.32. The molecule has 7 heteroatoms. The quantitative estimate of drug-likeness (QED) is 0.799. The van der Waals surface area contributed by atoms with Gasteiger partial charge in [-0.1, -0.05) is 12.1 Å². The van der Waals surface area contributed by atoms with Crippen LogP contribution in [0.15, 0.2) is 53.4 Å². The van der Waals surface area contributed by atoms with Crippen molar-refractivity contribution in [3.8, 4) is 0 Å². The number of para-hydroxylation sites is 2. The van der Waals surface area contributed by atoms with Gasteiger partial charge in [-0.3, -0.25) is 4.79 Å². The molecule has 0 bridgehead atoms. The molecule has 0 saturated heterocycles. The number of carbonyl (C=O) groups is 1. The van der Waals surface area contributed by atoms with E-state index in [2.05, 4.69) is 10.6 Å². The molecular formula is C14H15N3O3S. The van der Waals surface area contributed by atoms with Crippen LogP contribution in [0.2, 0.25) is 0 Å². The third-order valence-corrected chi connectivity index (χ3v) is 3.82. The first kappa shape index (κ1) is 15.0. The lowest BCUT2D eigenvalue weighted by Crippen LogP contribution is -2.15. The number of hydrogen-bond acceptors (Lipinski definition) is 4. The Hall–Kier alpha value is -2.38. The standard InChI is InChI=1S/C14H15N3O3S/c1-16-12-4-2-3-5-13(12)17-14(18)10-6-8-11(9-7-10)21(15,19)20/h2-9,16H,1H3,(H,17,18)(H2,15,19,20). The number of nitrogens with one attached hydrogen (secondary N) is 2. The van der Waals surface area contributed by atoms with Gasteiger partial charge in [0.1, 0.15) is 0 Å². The van der Waals surface area contributed by atoms with Crippen molar-refractivity contribution in [2.75, 3.05) is 17.7 Å². The molecule has 0 aliphatic carbocycles. The lowest BCUT2D eigenvalue weighted by molar-refractivity contribution is 0.102. The van der Waals surface area contributed by atoms with Crippen molar-refractivity contribution in [2.45, 2.75) is 4.90 Å². The fourth-order valence-corrected chi connectivity index (χ4v) is 2.32. The number of carbonyl (C=O) groups excluding carboxylic acids is 1. The maximum absolute atomic E-state index is 12.1. The number of hydrogen-bond donors (Lipinski definition) is 3. The van der Waals surface area contributed by atoms with Gasteiger partial charge in [-0.15, -0.1) is 0 Å². The molecule has 0 atom stereocenters. The summed E-state index contributed by atoms with van der Waals surface area (Å²) in [5, 5.41) is 10.7. The highest BCUT2D eigenvalue weighted by Gasteiger charge is 2.11. The molecule has 0 fully saturated rings. The molecule has 2 aromatic carbocycles. The van der Waals surface area contributed by atoms with Crippen LogP contribution in [0.5, 0.6) is 0 Å². The normalized spacial score (nSPS) is 11.0. The zero-order valence-corrected chi connectivity index (χ0v) is 12.1. The number of amides is 1. The average molecular weight is 305 g/mol. The van der Waals surface area contributed by atoms with Gasteiger partial charge >= 0.3 is 0 Å². The summed E-state index contributed by atoms with van der Waals surface area (Å²) in [5.74, 6) is -0.335. The molecule has 21 heavy (non-hydrogen) atoms. The highest BCUT2D eigenvalue weighted by atomic mass is 32.2. The molecule has 1 amide bonds.